The van der Waals surface area contributed by atoms with Crippen molar-refractivity contribution in [3.63, 3.8) is 0 Å². The van der Waals surface area contributed by atoms with Gasteiger partial charge >= 0.3 is 5.97 Å². The molecule has 8 heteroatoms. The Labute approximate surface area is 157 Å². The number of nitrogens with zero attached hydrogens (tertiary/aromatic N) is 2. The van der Waals surface area contributed by atoms with E-state index in [4.69, 9.17) is 0 Å². The maximum absolute atomic E-state index is 12.7. The van der Waals surface area contributed by atoms with Gasteiger partial charge in [0.25, 0.3) is 10.0 Å². The van der Waals surface area contributed by atoms with E-state index in [0.717, 1.165) is 5.69 Å². The van der Waals surface area contributed by atoms with Crippen LogP contribution in [0.1, 0.15) is 11.3 Å². The number of benzene rings is 2. The highest BCUT2D eigenvalue weighted by atomic mass is 32.2. The zero-order chi connectivity index (χ0) is 19.4. The maximum Gasteiger partial charge on any atom is 0.309 e. The molecular weight excluding hydrogens is 366 g/mol. The van der Waals surface area contributed by atoms with Gasteiger partial charge < -0.3 is 4.74 Å². The minimum Gasteiger partial charge on any atom is -0.469 e. The van der Waals surface area contributed by atoms with Crippen molar-refractivity contribution in [1.82, 2.24) is 9.78 Å². The van der Waals surface area contributed by atoms with Crippen molar-refractivity contribution in [1.29, 1.82) is 0 Å². The van der Waals surface area contributed by atoms with Gasteiger partial charge in [-0.3, -0.25) is 9.52 Å². The standard InChI is InChI=1S/C19H19N3O4S/c1-14-12-18(22(20-14)16-6-4-3-5-7-16)21-27(24,25)17-10-8-15(9-11-17)13-19(23)26-2/h3-12,21H,13H2,1-2H3. The molecule has 0 radical (unpaired) electrons. The van der Waals surface area contributed by atoms with Crippen LogP contribution in [0, 0.1) is 6.92 Å². The summed E-state index contributed by atoms with van der Waals surface area (Å²) in [6.07, 6.45) is 0.0875. The van der Waals surface area contributed by atoms with Crippen LogP contribution in [0.5, 0.6) is 0 Å². The van der Waals surface area contributed by atoms with Crippen molar-refractivity contribution in [2.45, 2.75) is 18.2 Å². The molecule has 0 aliphatic heterocycles. The first kappa shape index (κ1) is 18.7. The van der Waals surface area contributed by atoms with Gasteiger partial charge in [-0.2, -0.15) is 5.10 Å². The molecule has 0 unspecified atom stereocenters. The van der Waals surface area contributed by atoms with Gasteiger partial charge in [0.2, 0.25) is 0 Å². The Morgan fingerprint density at radius 1 is 1.11 bits per heavy atom. The zero-order valence-electron chi connectivity index (χ0n) is 14.9. The fraction of sp³-hybridized carbons (Fsp3) is 0.158. The van der Waals surface area contributed by atoms with Crippen LogP contribution in [-0.4, -0.2) is 31.3 Å². The number of carbonyl (C=O) groups is 1. The second-order valence-electron chi connectivity index (χ2n) is 5.92. The molecule has 3 aromatic rings. The third-order valence-corrected chi connectivity index (χ3v) is 5.25. The van der Waals surface area contributed by atoms with Crippen molar-refractivity contribution in [3.8, 4) is 5.69 Å². The van der Waals surface area contributed by atoms with Crippen molar-refractivity contribution < 1.29 is 17.9 Å². The molecule has 0 aliphatic carbocycles. The summed E-state index contributed by atoms with van der Waals surface area (Å²) < 4.78 is 34.2. The van der Waals surface area contributed by atoms with Crippen LogP contribution < -0.4 is 4.72 Å². The van der Waals surface area contributed by atoms with E-state index in [-0.39, 0.29) is 17.3 Å². The van der Waals surface area contributed by atoms with E-state index < -0.39 is 10.0 Å². The number of hydrogen-bond donors (Lipinski definition) is 1. The Bertz CT molecular complexity index is 1040. The van der Waals surface area contributed by atoms with E-state index >= 15 is 0 Å². The van der Waals surface area contributed by atoms with Gasteiger partial charge in [-0.1, -0.05) is 30.3 Å². The molecule has 140 valence electrons. The topological polar surface area (TPSA) is 90.3 Å². The van der Waals surface area contributed by atoms with Crippen LogP contribution in [0.25, 0.3) is 5.69 Å². The lowest BCUT2D eigenvalue weighted by Crippen LogP contribution is -2.16. The highest BCUT2D eigenvalue weighted by molar-refractivity contribution is 7.92. The molecule has 1 aromatic heterocycles. The summed E-state index contributed by atoms with van der Waals surface area (Å²) in [5.74, 6) is -0.0386. The molecule has 27 heavy (non-hydrogen) atoms. The smallest absolute Gasteiger partial charge is 0.309 e. The quantitative estimate of drug-likeness (QED) is 0.659. The Balaban J connectivity index is 1.86. The van der Waals surface area contributed by atoms with Crippen LogP contribution >= 0.6 is 0 Å². The maximum atomic E-state index is 12.7. The molecular formula is C19H19N3O4S. The Morgan fingerprint density at radius 2 is 1.78 bits per heavy atom. The second kappa shape index (κ2) is 7.63. The van der Waals surface area contributed by atoms with E-state index in [1.54, 1.807) is 29.8 Å². The van der Waals surface area contributed by atoms with E-state index in [0.29, 0.717) is 17.1 Å². The predicted molar refractivity (Wildman–Crippen MR) is 101 cm³/mol. The summed E-state index contributed by atoms with van der Waals surface area (Å²) in [6, 6.07) is 17.0. The van der Waals surface area contributed by atoms with Crippen LogP contribution in [0.3, 0.4) is 0 Å². The number of esters is 1. The number of ether oxygens (including phenoxy) is 1. The van der Waals surface area contributed by atoms with Gasteiger partial charge in [0, 0.05) is 6.07 Å². The van der Waals surface area contributed by atoms with Gasteiger partial charge in [0.05, 0.1) is 29.8 Å². The molecule has 0 fully saturated rings. The van der Waals surface area contributed by atoms with Gasteiger partial charge in [0.15, 0.2) is 0 Å². The summed E-state index contributed by atoms with van der Waals surface area (Å²) in [7, 11) is -2.50. The SMILES string of the molecule is COC(=O)Cc1ccc(S(=O)(=O)Nc2cc(C)nn2-c2ccccc2)cc1. The summed E-state index contributed by atoms with van der Waals surface area (Å²) in [4.78, 5) is 11.4. The van der Waals surface area contributed by atoms with E-state index in [2.05, 4.69) is 14.6 Å². The van der Waals surface area contributed by atoms with Crippen molar-refractivity contribution in [2.75, 3.05) is 11.8 Å². The zero-order valence-corrected chi connectivity index (χ0v) is 15.7. The molecule has 1 N–H and O–H groups in total. The monoisotopic (exact) mass is 385 g/mol. The van der Waals surface area contributed by atoms with E-state index in [1.165, 1.54) is 19.2 Å². The number of nitrogens with one attached hydrogen (secondary N) is 1. The van der Waals surface area contributed by atoms with Crippen LogP contribution in [0.15, 0.2) is 65.6 Å². The number of methoxy groups -OCH3 is 1. The minimum absolute atomic E-state index is 0.0875. The molecule has 0 amide bonds. The second-order valence-corrected chi connectivity index (χ2v) is 7.60. The van der Waals surface area contributed by atoms with Gasteiger partial charge in [-0.15, -0.1) is 0 Å². The Hall–Kier alpha value is -3.13. The van der Waals surface area contributed by atoms with Crippen LogP contribution in [-0.2, 0) is 26.0 Å². The molecule has 0 spiro atoms. The van der Waals surface area contributed by atoms with E-state index in [1.807, 2.05) is 30.3 Å². The van der Waals surface area contributed by atoms with Crippen molar-refractivity contribution >= 4 is 21.8 Å². The van der Waals surface area contributed by atoms with Gasteiger partial charge in [-0.25, -0.2) is 13.1 Å². The summed E-state index contributed by atoms with van der Waals surface area (Å²) in [5.41, 5.74) is 2.10. The highest BCUT2D eigenvalue weighted by Crippen LogP contribution is 2.21. The van der Waals surface area contributed by atoms with Crippen LogP contribution in [0.4, 0.5) is 5.82 Å². The van der Waals surface area contributed by atoms with Gasteiger partial charge in [0.1, 0.15) is 5.82 Å². The molecule has 3 rings (SSSR count). The fourth-order valence-electron chi connectivity index (χ4n) is 2.56. The first-order valence-electron chi connectivity index (χ1n) is 8.20. The van der Waals surface area contributed by atoms with Crippen molar-refractivity contribution in [2.24, 2.45) is 0 Å². The highest BCUT2D eigenvalue weighted by Gasteiger charge is 2.18. The average molecular weight is 385 g/mol. The largest absolute Gasteiger partial charge is 0.469 e. The van der Waals surface area contributed by atoms with Gasteiger partial charge in [-0.05, 0) is 36.8 Å². The molecule has 7 nitrogen and oxygen atoms in total. The average Bonchev–Trinajstić information content (AvgIpc) is 3.02. The summed E-state index contributed by atoms with van der Waals surface area (Å²) in [6.45, 7) is 1.79. The number of rotatable bonds is 6. The molecule has 1 heterocycles. The minimum atomic E-state index is -3.81. The normalized spacial score (nSPS) is 11.2. The number of carbonyl (C=O) groups excluding carboxylic acids is 1. The lowest BCUT2D eigenvalue weighted by Gasteiger charge is -2.11. The third-order valence-electron chi connectivity index (χ3n) is 3.88. The van der Waals surface area contributed by atoms with Crippen molar-refractivity contribution in [3.05, 3.63) is 71.9 Å². The van der Waals surface area contributed by atoms with Crippen LogP contribution in [0.2, 0.25) is 0 Å². The molecule has 2 aromatic carbocycles. The Morgan fingerprint density at radius 3 is 2.41 bits per heavy atom. The lowest BCUT2D eigenvalue weighted by molar-refractivity contribution is -0.139. The molecule has 0 saturated carbocycles. The Kier molecular flexibility index (Phi) is 5.27. The molecule has 0 atom stereocenters. The molecule has 0 bridgehead atoms. The number of aryl methyl sites for hydroxylation is 1. The molecule has 0 saturated heterocycles. The first-order chi connectivity index (χ1) is 12.9. The number of sulfonamides is 1. The first-order valence-corrected chi connectivity index (χ1v) is 9.68. The lowest BCUT2D eigenvalue weighted by atomic mass is 10.2. The third kappa shape index (κ3) is 4.35. The number of anilines is 1. The number of aromatic nitrogens is 2. The number of hydrogen-bond acceptors (Lipinski definition) is 5. The summed E-state index contributed by atoms with van der Waals surface area (Å²) in [5, 5.41) is 4.35. The molecule has 0 aliphatic rings. The summed E-state index contributed by atoms with van der Waals surface area (Å²) >= 11 is 0. The number of para-hydroxylation sites is 1. The van der Waals surface area contributed by atoms with E-state index in [9.17, 15) is 13.2 Å². The fourth-order valence-corrected chi connectivity index (χ4v) is 3.59. The predicted octanol–water partition coefficient (Wildman–Crippen LogP) is 2.70.